The number of carbonyl (C=O) groups is 1. The third-order valence-electron chi connectivity index (χ3n) is 2.83. The van der Waals surface area contributed by atoms with Crippen LogP contribution < -0.4 is 5.32 Å². The molecular weight excluding hydrogens is 291 g/mol. The van der Waals surface area contributed by atoms with Gasteiger partial charge in [-0.2, -0.15) is 13.2 Å². The molecule has 0 saturated heterocycles. The molecule has 21 heavy (non-hydrogen) atoms. The molecule has 2 unspecified atom stereocenters. The Morgan fingerprint density at radius 2 is 1.90 bits per heavy atom. The number of nitrogens with one attached hydrogen (secondary N) is 1. The number of aliphatic hydroxyl groups excluding tert-OH is 1. The molecule has 0 aliphatic heterocycles. The number of aryl methyl sites for hydroxylation is 1. The van der Waals surface area contributed by atoms with E-state index < -0.39 is 24.1 Å². The van der Waals surface area contributed by atoms with Crippen LogP contribution in [0, 0.1) is 0 Å². The summed E-state index contributed by atoms with van der Waals surface area (Å²) in [5, 5.41) is 20.0. The fourth-order valence-corrected chi connectivity index (χ4v) is 1.62. The minimum atomic E-state index is -5.29. The Bertz CT molecular complexity index is 466. The molecule has 1 rings (SSSR count). The van der Waals surface area contributed by atoms with Crippen LogP contribution >= 0.6 is 0 Å². The van der Waals surface area contributed by atoms with Crippen molar-refractivity contribution in [3.63, 3.8) is 0 Å². The smallest absolute Gasteiger partial charge is 0.364 e. The Balaban J connectivity index is 2.69. The molecule has 5 nitrogen and oxygen atoms in total. The van der Waals surface area contributed by atoms with E-state index >= 15 is 0 Å². The number of halogens is 3. The van der Waals surface area contributed by atoms with Crippen LogP contribution in [0.4, 0.5) is 13.2 Å². The first kappa shape index (κ1) is 17.4. The van der Waals surface area contributed by atoms with E-state index in [1.807, 2.05) is 0 Å². The average molecular weight is 307 g/mol. The van der Waals surface area contributed by atoms with Crippen LogP contribution in [-0.4, -0.2) is 41.4 Å². The summed E-state index contributed by atoms with van der Waals surface area (Å²) in [5.41, 5.74) is -3.09. The molecule has 0 aliphatic rings. The van der Waals surface area contributed by atoms with Crippen molar-refractivity contribution in [2.75, 3.05) is 7.11 Å². The number of alkyl halides is 3. The predicted molar refractivity (Wildman–Crippen MR) is 66.9 cm³/mol. The molecule has 0 radical (unpaired) electrons. The molecule has 0 aromatic heterocycles. The lowest BCUT2D eigenvalue weighted by atomic mass is 10.1. The average Bonchev–Trinajstić information content (AvgIpc) is 2.44. The zero-order valence-electron chi connectivity index (χ0n) is 11.2. The summed E-state index contributed by atoms with van der Waals surface area (Å²) in [5.74, 6) is -1.06. The van der Waals surface area contributed by atoms with Crippen molar-refractivity contribution < 1.29 is 32.9 Å². The summed E-state index contributed by atoms with van der Waals surface area (Å²) < 4.78 is 42.4. The van der Waals surface area contributed by atoms with Crippen LogP contribution in [0.1, 0.15) is 12.0 Å². The molecule has 0 fully saturated rings. The number of methoxy groups -OCH3 is 1. The number of hydrogen-bond acceptors (Lipinski definition) is 4. The first-order valence-corrected chi connectivity index (χ1v) is 6.05. The second-order valence-corrected chi connectivity index (χ2v) is 4.39. The fourth-order valence-electron chi connectivity index (χ4n) is 1.62. The van der Waals surface area contributed by atoms with E-state index in [0.717, 1.165) is 12.7 Å². The number of ether oxygens (including phenoxy) is 1. The maximum atomic E-state index is 12.8. The topological polar surface area (TPSA) is 78.8 Å². The first-order valence-electron chi connectivity index (χ1n) is 6.05. The molecule has 0 bridgehead atoms. The highest BCUT2D eigenvalue weighted by Crippen LogP contribution is 2.31. The van der Waals surface area contributed by atoms with Crippen molar-refractivity contribution in [2.24, 2.45) is 0 Å². The second-order valence-electron chi connectivity index (χ2n) is 4.39. The quantitative estimate of drug-likeness (QED) is 0.684. The lowest BCUT2D eigenvalue weighted by molar-refractivity contribution is -0.340. The van der Waals surface area contributed by atoms with E-state index in [1.54, 1.807) is 30.3 Å². The van der Waals surface area contributed by atoms with Crippen molar-refractivity contribution in [3.05, 3.63) is 35.9 Å². The second kappa shape index (κ2) is 6.88. The van der Waals surface area contributed by atoms with Gasteiger partial charge in [-0.3, -0.25) is 4.79 Å². The zero-order valence-corrected chi connectivity index (χ0v) is 11.2. The van der Waals surface area contributed by atoms with Gasteiger partial charge in [0.05, 0.1) is 0 Å². The fraction of sp³-hybridized carbons (Fsp3) is 0.462. The Morgan fingerprint density at radius 1 is 1.33 bits per heavy atom. The van der Waals surface area contributed by atoms with Crippen molar-refractivity contribution in [2.45, 2.75) is 31.0 Å². The van der Waals surface area contributed by atoms with Crippen LogP contribution in [-0.2, 0) is 16.0 Å². The monoisotopic (exact) mass is 307 g/mol. The van der Waals surface area contributed by atoms with Gasteiger partial charge in [0.25, 0.3) is 5.72 Å². The summed E-state index contributed by atoms with van der Waals surface area (Å²) in [6.07, 6.45) is -7.99. The van der Waals surface area contributed by atoms with Gasteiger partial charge in [0, 0.05) is 13.5 Å². The maximum Gasteiger partial charge on any atom is 0.441 e. The molecule has 8 heteroatoms. The highest BCUT2D eigenvalue weighted by atomic mass is 19.4. The van der Waals surface area contributed by atoms with E-state index in [-0.39, 0.29) is 12.8 Å². The van der Waals surface area contributed by atoms with Gasteiger partial charge in [-0.25, -0.2) is 0 Å². The summed E-state index contributed by atoms with van der Waals surface area (Å²) >= 11 is 0. The van der Waals surface area contributed by atoms with E-state index in [9.17, 15) is 23.1 Å². The maximum absolute atomic E-state index is 12.8. The van der Waals surface area contributed by atoms with E-state index in [1.165, 1.54) is 5.32 Å². The summed E-state index contributed by atoms with van der Waals surface area (Å²) in [6.45, 7) is 0. The van der Waals surface area contributed by atoms with Crippen molar-refractivity contribution in [1.82, 2.24) is 5.32 Å². The van der Waals surface area contributed by atoms with Gasteiger partial charge in [0.1, 0.15) is 0 Å². The lowest BCUT2D eigenvalue weighted by Crippen LogP contribution is -2.66. The summed E-state index contributed by atoms with van der Waals surface area (Å²) in [7, 11) is 0.775. The summed E-state index contributed by atoms with van der Waals surface area (Å²) in [6, 6.07) is 8.66. The van der Waals surface area contributed by atoms with E-state index in [4.69, 9.17) is 5.11 Å². The van der Waals surface area contributed by atoms with Crippen LogP contribution in [0.15, 0.2) is 30.3 Å². The lowest BCUT2D eigenvalue weighted by Gasteiger charge is -2.34. The number of amides is 1. The Kier molecular flexibility index (Phi) is 5.70. The van der Waals surface area contributed by atoms with Crippen LogP contribution in [0.25, 0.3) is 0 Å². The molecule has 118 valence electrons. The van der Waals surface area contributed by atoms with Gasteiger partial charge in [0.2, 0.25) is 12.2 Å². The summed E-state index contributed by atoms with van der Waals surface area (Å²) in [4.78, 5) is 11.6. The molecule has 1 amide bonds. The largest absolute Gasteiger partial charge is 0.441 e. The standard InChI is InChI=1S/C13H16F3NO4/c1-21-11(19)12(20,13(14,15)16)17-10(18)8-7-9-5-3-2-4-6-9/h2-6,11,19-20H,7-8H2,1H3,(H,17,18). The third kappa shape index (κ3) is 4.42. The molecule has 0 spiro atoms. The normalized spacial score (nSPS) is 16.1. The minimum absolute atomic E-state index is 0.198. The van der Waals surface area contributed by atoms with Crippen LogP contribution in [0.3, 0.4) is 0 Å². The Morgan fingerprint density at radius 3 is 2.38 bits per heavy atom. The van der Waals surface area contributed by atoms with Gasteiger partial charge >= 0.3 is 6.18 Å². The van der Waals surface area contributed by atoms with E-state index in [0.29, 0.717) is 0 Å². The number of carbonyl (C=O) groups excluding carboxylic acids is 1. The molecule has 0 aliphatic carbocycles. The Hall–Kier alpha value is -1.64. The zero-order chi connectivity index (χ0) is 16.1. The number of hydrogen-bond donors (Lipinski definition) is 3. The van der Waals surface area contributed by atoms with Gasteiger partial charge in [0.15, 0.2) is 0 Å². The SMILES string of the molecule is COC(O)C(O)(NC(=O)CCc1ccccc1)C(F)(F)F. The molecule has 0 heterocycles. The van der Waals surface area contributed by atoms with Crippen molar-refractivity contribution in [1.29, 1.82) is 0 Å². The van der Waals surface area contributed by atoms with Gasteiger partial charge < -0.3 is 20.3 Å². The molecule has 3 N–H and O–H groups in total. The minimum Gasteiger partial charge on any atom is -0.364 e. The van der Waals surface area contributed by atoms with Crippen LogP contribution in [0.5, 0.6) is 0 Å². The van der Waals surface area contributed by atoms with E-state index in [2.05, 4.69) is 4.74 Å². The van der Waals surface area contributed by atoms with Gasteiger partial charge in [-0.05, 0) is 12.0 Å². The Labute approximate surface area is 119 Å². The molecule has 1 aromatic carbocycles. The number of benzene rings is 1. The molecule has 1 aromatic rings. The van der Waals surface area contributed by atoms with Gasteiger partial charge in [-0.1, -0.05) is 30.3 Å². The third-order valence-corrected chi connectivity index (χ3v) is 2.83. The molecule has 2 atom stereocenters. The molecule has 0 saturated carbocycles. The van der Waals surface area contributed by atoms with Crippen molar-refractivity contribution in [3.8, 4) is 0 Å². The highest BCUT2D eigenvalue weighted by molar-refractivity contribution is 5.77. The first-order chi connectivity index (χ1) is 9.70. The van der Waals surface area contributed by atoms with Crippen molar-refractivity contribution >= 4 is 5.91 Å². The van der Waals surface area contributed by atoms with Crippen LogP contribution in [0.2, 0.25) is 0 Å². The highest BCUT2D eigenvalue weighted by Gasteiger charge is 2.60. The predicted octanol–water partition coefficient (Wildman–Crippen LogP) is 0.951. The number of rotatable bonds is 6. The molecular formula is C13H16F3NO4. The van der Waals surface area contributed by atoms with Gasteiger partial charge in [-0.15, -0.1) is 0 Å². The number of aliphatic hydroxyl groups is 2.